The number of nitrogens with zero attached hydrogens (tertiary/aromatic N) is 1. The third-order valence-corrected chi connectivity index (χ3v) is 4.31. The van der Waals surface area contributed by atoms with Gasteiger partial charge in [0.2, 0.25) is 0 Å². The summed E-state index contributed by atoms with van der Waals surface area (Å²) in [5.74, 6) is -0.347. The fourth-order valence-corrected chi connectivity index (χ4v) is 3.30. The summed E-state index contributed by atoms with van der Waals surface area (Å²) in [5, 5.41) is 2.06. The zero-order chi connectivity index (χ0) is 13.1. The van der Waals surface area contributed by atoms with Crippen molar-refractivity contribution in [3.05, 3.63) is 50.4 Å². The van der Waals surface area contributed by atoms with E-state index in [-0.39, 0.29) is 11.5 Å². The average molecular weight is 329 g/mol. The number of rotatable bonds is 4. The topological polar surface area (TPSA) is 29.3 Å². The van der Waals surface area contributed by atoms with Gasteiger partial charge in [0.1, 0.15) is 5.82 Å². The minimum absolute atomic E-state index is 0.247. The molecule has 0 saturated carbocycles. The predicted molar refractivity (Wildman–Crippen MR) is 78.0 cm³/mol. The van der Waals surface area contributed by atoms with Crippen LogP contribution in [0.2, 0.25) is 0 Å². The first-order chi connectivity index (χ1) is 8.56. The number of hydrogen-bond donors (Lipinski definition) is 1. The van der Waals surface area contributed by atoms with E-state index in [1.54, 1.807) is 17.4 Å². The van der Waals surface area contributed by atoms with Gasteiger partial charge in [0.05, 0.1) is 5.69 Å². The van der Waals surface area contributed by atoms with Crippen LogP contribution in [0.25, 0.3) is 0 Å². The Morgan fingerprint density at radius 3 is 2.83 bits per heavy atom. The highest BCUT2D eigenvalue weighted by atomic mass is 79.9. The first kappa shape index (κ1) is 13.5. The number of nitrogen functional groups attached to an aromatic ring is 1. The standard InChI is InChI=1S/C13H14BrFN2S/c1-17(7-11-5-10(14)8-18-11)6-9-3-2-4-12(15)13(9)16/h2-5,8H,6-7,16H2,1H3. The number of benzene rings is 1. The van der Waals surface area contributed by atoms with Crippen LogP contribution in [0, 0.1) is 5.82 Å². The molecule has 0 saturated heterocycles. The summed E-state index contributed by atoms with van der Waals surface area (Å²) < 4.78 is 14.4. The highest BCUT2D eigenvalue weighted by Crippen LogP contribution is 2.22. The lowest BCUT2D eigenvalue weighted by molar-refractivity contribution is 0.322. The normalized spacial score (nSPS) is 11.1. The summed E-state index contributed by atoms with van der Waals surface area (Å²) in [4.78, 5) is 3.38. The smallest absolute Gasteiger partial charge is 0.146 e. The summed E-state index contributed by atoms with van der Waals surface area (Å²) in [5.41, 5.74) is 6.80. The van der Waals surface area contributed by atoms with Crippen LogP contribution in [0.1, 0.15) is 10.4 Å². The van der Waals surface area contributed by atoms with E-state index in [4.69, 9.17) is 5.73 Å². The lowest BCUT2D eigenvalue weighted by Gasteiger charge is -2.17. The molecular weight excluding hydrogens is 315 g/mol. The van der Waals surface area contributed by atoms with Gasteiger partial charge in [-0.25, -0.2) is 4.39 Å². The Hall–Kier alpha value is -0.910. The van der Waals surface area contributed by atoms with Gasteiger partial charge in [-0.1, -0.05) is 12.1 Å². The summed E-state index contributed by atoms with van der Waals surface area (Å²) >= 11 is 5.13. The molecule has 1 heterocycles. The van der Waals surface area contributed by atoms with Gasteiger partial charge in [-0.05, 0) is 40.7 Å². The lowest BCUT2D eigenvalue weighted by atomic mass is 10.1. The molecule has 0 aliphatic carbocycles. The van der Waals surface area contributed by atoms with Gasteiger partial charge in [-0.15, -0.1) is 11.3 Å². The van der Waals surface area contributed by atoms with Crippen LogP contribution in [0.4, 0.5) is 10.1 Å². The molecule has 0 radical (unpaired) electrons. The second-order valence-electron chi connectivity index (χ2n) is 4.22. The fraction of sp³-hybridized carbons (Fsp3) is 0.231. The molecule has 0 aliphatic heterocycles. The molecule has 96 valence electrons. The molecule has 0 amide bonds. The lowest BCUT2D eigenvalue weighted by Crippen LogP contribution is -2.17. The predicted octanol–water partition coefficient (Wildman–Crippen LogP) is 3.86. The molecule has 5 heteroatoms. The maximum atomic E-state index is 13.3. The van der Waals surface area contributed by atoms with E-state index in [1.807, 2.05) is 13.1 Å². The summed E-state index contributed by atoms with van der Waals surface area (Å²) in [6, 6.07) is 7.03. The molecule has 1 aromatic carbocycles. The number of nitrogens with two attached hydrogens (primary N) is 1. The van der Waals surface area contributed by atoms with Crippen molar-refractivity contribution < 1.29 is 4.39 Å². The largest absolute Gasteiger partial charge is 0.396 e. The van der Waals surface area contributed by atoms with E-state index in [0.717, 1.165) is 16.6 Å². The van der Waals surface area contributed by atoms with Crippen LogP contribution in [0.3, 0.4) is 0 Å². The monoisotopic (exact) mass is 328 g/mol. The van der Waals surface area contributed by atoms with Crippen molar-refractivity contribution in [3.8, 4) is 0 Å². The molecule has 2 N–H and O–H groups in total. The number of anilines is 1. The summed E-state index contributed by atoms with van der Waals surface area (Å²) in [6.45, 7) is 1.46. The zero-order valence-corrected chi connectivity index (χ0v) is 12.4. The number of para-hydroxylation sites is 1. The molecular formula is C13H14BrFN2S. The first-order valence-electron chi connectivity index (χ1n) is 5.50. The second-order valence-corrected chi connectivity index (χ2v) is 6.13. The first-order valence-corrected chi connectivity index (χ1v) is 7.18. The molecule has 2 nitrogen and oxygen atoms in total. The van der Waals surface area contributed by atoms with Crippen LogP contribution < -0.4 is 5.73 Å². The molecule has 0 aliphatic rings. The molecule has 18 heavy (non-hydrogen) atoms. The van der Waals surface area contributed by atoms with E-state index < -0.39 is 0 Å². The van der Waals surface area contributed by atoms with E-state index in [2.05, 4.69) is 32.3 Å². The van der Waals surface area contributed by atoms with Crippen molar-refractivity contribution in [2.24, 2.45) is 0 Å². The van der Waals surface area contributed by atoms with Gasteiger partial charge in [0.15, 0.2) is 0 Å². The van der Waals surface area contributed by atoms with Crippen molar-refractivity contribution >= 4 is 33.0 Å². The highest BCUT2D eigenvalue weighted by Gasteiger charge is 2.08. The van der Waals surface area contributed by atoms with Crippen molar-refractivity contribution in [2.45, 2.75) is 13.1 Å². The number of hydrogen-bond acceptors (Lipinski definition) is 3. The molecule has 0 spiro atoms. The van der Waals surface area contributed by atoms with Crippen LogP contribution in [-0.2, 0) is 13.1 Å². The van der Waals surface area contributed by atoms with Crippen LogP contribution in [0.5, 0.6) is 0 Å². The van der Waals surface area contributed by atoms with E-state index in [0.29, 0.717) is 6.54 Å². The molecule has 1 aromatic heterocycles. The molecule has 2 aromatic rings. The molecule has 0 unspecified atom stereocenters. The van der Waals surface area contributed by atoms with Crippen molar-refractivity contribution in [2.75, 3.05) is 12.8 Å². The SMILES string of the molecule is CN(Cc1cc(Br)cs1)Cc1cccc(F)c1N. The van der Waals surface area contributed by atoms with E-state index in [9.17, 15) is 4.39 Å². The molecule has 0 bridgehead atoms. The third kappa shape index (κ3) is 3.31. The van der Waals surface area contributed by atoms with Gasteiger partial charge in [0.25, 0.3) is 0 Å². The molecule has 0 fully saturated rings. The second kappa shape index (κ2) is 5.82. The Bertz CT molecular complexity index is 542. The van der Waals surface area contributed by atoms with Crippen molar-refractivity contribution in [1.29, 1.82) is 0 Å². The highest BCUT2D eigenvalue weighted by molar-refractivity contribution is 9.10. The molecule has 0 atom stereocenters. The summed E-state index contributed by atoms with van der Waals surface area (Å²) in [6.07, 6.45) is 0. The van der Waals surface area contributed by atoms with E-state index in [1.165, 1.54) is 10.9 Å². The average Bonchev–Trinajstić information content (AvgIpc) is 2.70. The Kier molecular flexibility index (Phi) is 4.37. The number of thiophene rings is 1. The van der Waals surface area contributed by atoms with Crippen molar-refractivity contribution in [3.63, 3.8) is 0 Å². The van der Waals surface area contributed by atoms with Crippen molar-refractivity contribution in [1.82, 2.24) is 4.90 Å². The number of halogens is 2. The van der Waals surface area contributed by atoms with E-state index >= 15 is 0 Å². The zero-order valence-electron chi connectivity index (χ0n) is 9.99. The van der Waals surface area contributed by atoms with Crippen LogP contribution in [-0.4, -0.2) is 11.9 Å². The minimum atomic E-state index is -0.347. The van der Waals surface area contributed by atoms with Gasteiger partial charge in [-0.3, -0.25) is 4.90 Å². The van der Waals surface area contributed by atoms with Crippen LogP contribution in [0.15, 0.2) is 34.1 Å². The third-order valence-electron chi connectivity index (χ3n) is 2.63. The molecule has 2 rings (SSSR count). The Balaban J connectivity index is 2.03. The quantitative estimate of drug-likeness (QED) is 0.863. The van der Waals surface area contributed by atoms with Gasteiger partial charge in [-0.2, -0.15) is 0 Å². The Labute approximate surface area is 118 Å². The maximum absolute atomic E-state index is 13.3. The summed E-state index contributed by atoms with van der Waals surface area (Å²) in [7, 11) is 2.00. The Morgan fingerprint density at radius 2 is 2.17 bits per heavy atom. The van der Waals surface area contributed by atoms with Gasteiger partial charge < -0.3 is 5.73 Å². The van der Waals surface area contributed by atoms with Gasteiger partial charge >= 0.3 is 0 Å². The maximum Gasteiger partial charge on any atom is 0.146 e. The van der Waals surface area contributed by atoms with Crippen LogP contribution >= 0.6 is 27.3 Å². The Morgan fingerprint density at radius 1 is 1.39 bits per heavy atom. The minimum Gasteiger partial charge on any atom is -0.396 e. The fourth-order valence-electron chi connectivity index (χ4n) is 1.77. The van der Waals surface area contributed by atoms with Gasteiger partial charge in [0, 0.05) is 27.8 Å².